The van der Waals surface area contributed by atoms with Crippen LogP contribution in [0.25, 0.3) is 32.8 Å². The molecule has 12 heteroatoms. The first kappa shape index (κ1) is 26.5. The molecule has 1 N–H and O–H groups in total. The fourth-order valence-electron chi connectivity index (χ4n) is 4.95. The van der Waals surface area contributed by atoms with E-state index in [1.54, 1.807) is 35.0 Å². The largest absolute Gasteiger partial charge is 0.366 e. The van der Waals surface area contributed by atoms with Gasteiger partial charge in [-0.2, -0.15) is 4.31 Å². The van der Waals surface area contributed by atoms with Crippen LogP contribution in [0.15, 0.2) is 75.9 Å². The van der Waals surface area contributed by atoms with Gasteiger partial charge in [0.2, 0.25) is 0 Å². The number of sulfonamides is 1. The summed E-state index contributed by atoms with van der Waals surface area (Å²) in [5, 5.41) is 8.37. The van der Waals surface area contributed by atoms with Crippen LogP contribution in [0.4, 0.5) is 5.82 Å². The van der Waals surface area contributed by atoms with Crippen LogP contribution < -0.4 is 5.32 Å². The number of aromatic nitrogens is 4. The predicted octanol–water partition coefficient (Wildman–Crippen LogP) is 4.52. The summed E-state index contributed by atoms with van der Waals surface area (Å²) in [7, 11) is -3.57. The van der Waals surface area contributed by atoms with Crippen molar-refractivity contribution in [2.24, 2.45) is 0 Å². The van der Waals surface area contributed by atoms with Crippen molar-refractivity contribution < 1.29 is 12.9 Å². The first-order chi connectivity index (χ1) is 19.4. The number of benzene rings is 1. The number of pyridine rings is 1. The lowest BCUT2D eigenvalue weighted by Gasteiger charge is -2.35. The Morgan fingerprint density at radius 2 is 1.88 bits per heavy atom. The van der Waals surface area contributed by atoms with E-state index in [4.69, 9.17) is 4.52 Å². The van der Waals surface area contributed by atoms with Gasteiger partial charge in [0.05, 0.1) is 21.8 Å². The minimum atomic E-state index is -3.57. The van der Waals surface area contributed by atoms with Crippen molar-refractivity contribution in [3.8, 4) is 21.9 Å². The summed E-state index contributed by atoms with van der Waals surface area (Å²) in [6, 6.07) is 17.2. The zero-order valence-corrected chi connectivity index (χ0v) is 23.8. The fourth-order valence-corrected chi connectivity index (χ4v) is 7.78. The monoisotopic (exact) mass is 575 g/mol. The Labute approximate surface area is 236 Å². The van der Waals surface area contributed by atoms with Gasteiger partial charge >= 0.3 is 0 Å². The molecule has 0 bridgehead atoms. The van der Waals surface area contributed by atoms with E-state index in [1.165, 1.54) is 11.3 Å². The highest BCUT2D eigenvalue weighted by molar-refractivity contribution is 7.91. The molecule has 0 radical (unpaired) electrons. The molecular weight excluding hydrogens is 546 g/mol. The number of nitrogens with zero attached hydrogens (tertiary/aromatic N) is 6. The summed E-state index contributed by atoms with van der Waals surface area (Å²) in [5.41, 5.74) is 3.43. The van der Waals surface area contributed by atoms with E-state index in [9.17, 15) is 8.42 Å². The van der Waals surface area contributed by atoms with Gasteiger partial charge in [0.25, 0.3) is 10.0 Å². The highest BCUT2D eigenvalue weighted by Gasteiger charge is 2.30. The second kappa shape index (κ2) is 11.0. The number of piperazine rings is 1. The third kappa shape index (κ3) is 5.35. The summed E-state index contributed by atoms with van der Waals surface area (Å²) < 4.78 is 33.8. The van der Waals surface area contributed by atoms with Crippen molar-refractivity contribution >= 4 is 38.1 Å². The Bertz CT molecular complexity index is 1730. The molecule has 0 aliphatic carbocycles. The maximum atomic E-state index is 13.3. The Kier molecular flexibility index (Phi) is 7.32. The molecule has 0 unspecified atom stereocenters. The molecule has 206 valence electrons. The van der Waals surface area contributed by atoms with Gasteiger partial charge in [-0.3, -0.25) is 9.88 Å². The maximum absolute atomic E-state index is 13.3. The van der Waals surface area contributed by atoms with E-state index in [2.05, 4.69) is 37.2 Å². The molecule has 1 atom stereocenters. The van der Waals surface area contributed by atoms with Crippen LogP contribution >= 0.6 is 11.3 Å². The molecule has 5 aromatic rings. The van der Waals surface area contributed by atoms with Crippen LogP contribution in [0.1, 0.15) is 12.6 Å². The lowest BCUT2D eigenvalue weighted by Crippen LogP contribution is -2.50. The molecular formula is C28H29N7O3S2. The lowest BCUT2D eigenvalue weighted by atomic mass is 10.1. The summed E-state index contributed by atoms with van der Waals surface area (Å²) in [5.74, 6) is 1.35. The first-order valence-corrected chi connectivity index (χ1v) is 15.3. The Morgan fingerprint density at radius 1 is 1.02 bits per heavy atom. The fraction of sp³-hybridized carbons (Fsp3) is 0.286. The average molecular weight is 576 g/mol. The highest BCUT2D eigenvalue weighted by atomic mass is 32.2. The van der Waals surface area contributed by atoms with Crippen molar-refractivity contribution in [1.82, 2.24) is 29.3 Å². The number of hydrogen-bond donors (Lipinski definition) is 1. The van der Waals surface area contributed by atoms with Crippen LogP contribution in [0, 0.1) is 6.92 Å². The summed E-state index contributed by atoms with van der Waals surface area (Å²) >= 11 is 1.21. The molecule has 1 aliphatic heterocycles. The standard InChI is InChI=1S/C28H29N7O3S2/c1-19-16-24(38-33-19)25-9-10-26(39-25)40(36,37)35-14-12-34(13-15-35)17-20(2)32-28-22-7-5-6-21(27(22)30-18-31-28)23-8-3-4-11-29-23/h3-11,16,18,20H,12-15,17H2,1-2H3,(H,30,31,32)/t20-/m0/s1. The third-order valence-corrected chi connectivity index (χ3v) is 10.4. The van der Waals surface area contributed by atoms with Crippen molar-refractivity contribution in [3.05, 3.63) is 72.8 Å². The van der Waals surface area contributed by atoms with Crippen LogP contribution in [0.5, 0.6) is 0 Å². The Morgan fingerprint density at radius 3 is 2.62 bits per heavy atom. The van der Waals surface area contributed by atoms with Gasteiger partial charge in [-0.05, 0) is 44.2 Å². The Hall–Kier alpha value is -3.71. The number of aryl methyl sites for hydroxylation is 1. The summed E-state index contributed by atoms with van der Waals surface area (Å²) in [6.07, 6.45) is 3.35. The van der Waals surface area contributed by atoms with Crippen molar-refractivity contribution in [1.29, 1.82) is 0 Å². The zero-order chi connectivity index (χ0) is 27.7. The number of nitrogens with one attached hydrogen (secondary N) is 1. The van der Waals surface area contributed by atoms with Gasteiger partial charge < -0.3 is 9.84 Å². The van der Waals surface area contributed by atoms with Gasteiger partial charge in [-0.1, -0.05) is 23.4 Å². The molecule has 10 nitrogen and oxygen atoms in total. The van der Waals surface area contributed by atoms with Crippen molar-refractivity contribution in [3.63, 3.8) is 0 Å². The van der Waals surface area contributed by atoms with Crippen LogP contribution in [-0.4, -0.2) is 76.5 Å². The average Bonchev–Trinajstić information content (AvgIpc) is 3.64. The second-order valence-corrected chi connectivity index (χ2v) is 13.1. The van der Waals surface area contributed by atoms with Gasteiger partial charge in [0.15, 0.2) is 5.76 Å². The smallest absolute Gasteiger partial charge is 0.252 e. The molecule has 0 amide bonds. The minimum absolute atomic E-state index is 0.0879. The number of anilines is 1. The highest BCUT2D eigenvalue weighted by Crippen LogP contribution is 2.33. The normalized spacial score (nSPS) is 15.8. The number of para-hydroxylation sites is 1. The van der Waals surface area contributed by atoms with Gasteiger partial charge in [-0.15, -0.1) is 11.3 Å². The number of fused-ring (bicyclic) bond motifs is 1. The quantitative estimate of drug-likeness (QED) is 0.285. The molecule has 1 aromatic carbocycles. The van der Waals surface area contributed by atoms with E-state index < -0.39 is 10.0 Å². The number of rotatable bonds is 8. The molecule has 0 spiro atoms. The molecule has 4 aromatic heterocycles. The molecule has 1 fully saturated rings. The van der Waals surface area contributed by atoms with Crippen LogP contribution in [0.3, 0.4) is 0 Å². The van der Waals surface area contributed by atoms with Crippen LogP contribution in [0.2, 0.25) is 0 Å². The van der Waals surface area contributed by atoms with E-state index >= 15 is 0 Å². The van der Waals surface area contributed by atoms with Crippen LogP contribution in [-0.2, 0) is 10.0 Å². The molecule has 1 aliphatic rings. The Balaban J connectivity index is 1.09. The molecule has 6 rings (SSSR count). The van der Waals surface area contributed by atoms with E-state index in [0.717, 1.165) is 45.1 Å². The van der Waals surface area contributed by atoms with E-state index in [0.29, 0.717) is 36.1 Å². The minimum Gasteiger partial charge on any atom is -0.366 e. The van der Waals surface area contributed by atoms with E-state index in [1.807, 2.05) is 43.3 Å². The molecule has 5 heterocycles. The van der Waals surface area contributed by atoms with E-state index in [-0.39, 0.29) is 6.04 Å². The number of thiophene rings is 1. The topological polar surface area (TPSA) is 117 Å². The molecule has 0 saturated carbocycles. The summed E-state index contributed by atoms with van der Waals surface area (Å²) in [6.45, 7) is 6.88. The van der Waals surface area contributed by atoms with Crippen molar-refractivity contribution in [2.75, 3.05) is 38.0 Å². The predicted molar refractivity (Wildman–Crippen MR) is 156 cm³/mol. The third-order valence-electron chi connectivity index (χ3n) is 6.90. The van der Waals surface area contributed by atoms with Gasteiger partial charge in [0.1, 0.15) is 16.4 Å². The SMILES string of the molecule is Cc1cc(-c2ccc(S(=O)(=O)N3CCN(C[C@H](C)Nc4ncnc5c(-c6ccccn6)cccc45)CC3)s2)on1. The zero-order valence-electron chi connectivity index (χ0n) is 22.2. The first-order valence-electron chi connectivity index (χ1n) is 13.1. The lowest BCUT2D eigenvalue weighted by molar-refractivity contribution is 0.184. The molecule has 1 saturated heterocycles. The van der Waals surface area contributed by atoms with Gasteiger partial charge in [0, 0.05) is 62.0 Å². The van der Waals surface area contributed by atoms with Gasteiger partial charge in [-0.25, -0.2) is 18.4 Å². The van der Waals surface area contributed by atoms with Crippen molar-refractivity contribution in [2.45, 2.75) is 24.1 Å². The second-order valence-electron chi connectivity index (χ2n) is 9.84. The molecule has 40 heavy (non-hydrogen) atoms. The maximum Gasteiger partial charge on any atom is 0.252 e. The summed E-state index contributed by atoms with van der Waals surface area (Å²) in [4.78, 5) is 16.6. The number of hydrogen-bond acceptors (Lipinski definition) is 10.